The number of hydrogen-bond donors (Lipinski definition) is 1. The number of hydrogen-bond acceptors (Lipinski definition) is 8. The molecule has 0 saturated heterocycles. The smallest absolute Gasteiger partial charge is 0.355 e. The fourth-order valence-corrected chi connectivity index (χ4v) is 12.2. The molecule has 1 atom stereocenters. The van der Waals surface area contributed by atoms with Gasteiger partial charge in [0, 0.05) is 16.5 Å². The summed E-state index contributed by atoms with van der Waals surface area (Å²) in [6, 6.07) is 28.9. The first-order valence-electron chi connectivity index (χ1n) is 17.1. The van der Waals surface area contributed by atoms with Crippen LogP contribution in [0.1, 0.15) is 63.3 Å². The van der Waals surface area contributed by atoms with E-state index in [0.717, 1.165) is 27.8 Å². The summed E-state index contributed by atoms with van der Waals surface area (Å²) in [6.45, 7) is 10.3. The standard InChI is InChI=1S/C40H41N3O6Si/c1-6-28-29-20-25(49-50(39(3,4)5,26-14-10-8-11-15-26)27-16-12-9-13-17-27)18-19-33(29)42-36-30(28)23-43-34(36)21-32-31(37(43)45)24-47-38(46)40(32,7-2)48-35(44)22-41/h8-21H,6-7,22-24,41H2,1-5H3/t40-/m0/s1. The zero-order valence-corrected chi connectivity index (χ0v) is 30.0. The van der Waals surface area contributed by atoms with Gasteiger partial charge in [0.25, 0.3) is 5.56 Å². The number of esters is 2. The highest BCUT2D eigenvalue weighted by Crippen LogP contribution is 2.43. The van der Waals surface area contributed by atoms with Gasteiger partial charge in [-0.2, -0.15) is 0 Å². The lowest BCUT2D eigenvalue weighted by Gasteiger charge is -2.43. The van der Waals surface area contributed by atoms with Gasteiger partial charge in [-0.1, -0.05) is 95.3 Å². The van der Waals surface area contributed by atoms with Gasteiger partial charge < -0.3 is 24.2 Å². The van der Waals surface area contributed by atoms with Gasteiger partial charge in [-0.3, -0.25) is 9.59 Å². The van der Waals surface area contributed by atoms with Crippen LogP contribution in [0.15, 0.2) is 89.7 Å². The number of carbonyl (C=O) groups is 2. The number of pyridine rings is 2. The van der Waals surface area contributed by atoms with Crippen molar-refractivity contribution in [2.75, 3.05) is 6.54 Å². The summed E-state index contributed by atoms with van der Waals surface area (Å²) in [5.41, 5.74) is 8.13. The highest BCUT2D eigenvalue weighted by atomic mass is 28.4. The lowest BCUT2D eigenvalue weighted by atomic mass is 9.85. The monoisotopic (exact) mass is 687 g/mol. The van der Waals surface area contributed by atoms with E-state index in [1.807, 2.05) is 24.3 Å². The number of aryl methyl sites for hydroxylation is 1. The maximum absolute atomic E-state index is 14.1. The molecule has 0 saturated carbocycles. The van der Waals surface area contributed by atoms with E-state index in [-0.39, 0.29) is 29.2 Å². The van der Waals surface area contributed by atoms with Crippen molar-refractivity contribution in [3.63, 3.8) is 0 Å². The number of rotatable bonds is 8. The molecule has 0 unspecified atom stereocenters. The van der Waals surface area contributed by atoms with Crippen molar-refractivity contribution < 1.29 is 23.5 Å². The topological polar surface area (TPSA) is 123 Å². The molecule has 256 valence electrons. The van der Waals surface area contributed by atoms with Crippen molar-refractivity contribution in [2.24, 2.45) is 5.73 Å². The Bertz CT molecular complexity index is 2170. The zero-order chi connectivity index (χ0) is 35.4. The van der Waals surface area contributed by atoms with Crippen molar-refractivity contribution >= 4 is 41.5 Å². The van der Waals surface area contributed by atoms with Crippen LogP contribution < -0.4 is 26.1 Å². The average Bonchev–Trinajstić information content (AvgIpc) is 3.49. The predicted octanol–water partition coefficient (Wildman–Crippen LogP) is 5.09. The van der Waals surface area contributed by atoms with E-state index >= 15 is 0 Å². The Balaban J connectivity index is 1.39. The van der Waals surface area contributed by atoms with E-state index < -0.39 is 32.4 Å². The molecular weight excluding hydrogens is 647 g/mol. The molecule has 0 radical (unpaired) electrons. The Morgan fingerprint density at radius 1 is 0.960 bits per heavy atom. The number of carbonyl (C=O) groups excluding carboxylic acids is 2. The van der Waals surface area contributed by atoms with Crippen molar-refractivity contribution in [2.45, 2.75) is 71.3 Å². The van der Waals surface area contributed by atoms with Gasteiger partial charge in [0.2, 0.25) is 5.60 Å². The third-order valence-electron chi connectivity index (χ3n) is 10.2. The predicted molar refractivity (Wildman–Crippen MR) is 195 cm³/mol. The van der Waals surface area contributed by atoms with Gasteiger partial charge in [0.15, 0.2) is 0 Å². The molecule has 0 fully saturated rings. The Hall–Kier alpha value is -5.06. The Labute approximate surface area is 292 Å². The molecule has 5 aromatic rings. The maximum Gasteiger partial charge on any atom is 0.355 e. The number of ether oxygens (including phenoxy) is 2. The van der Waals surface area contributed by atoms with E-state index in [2.05, 4.69) is 82.3 Å². The van der Waals surface area contributed by atoms with Crippen LogP contribution in [0.2, 0.25) is 5.04 Å². The van der Waals surface area contributed by atoms with E-state index in [9.17, 15) is 14.4 Å². The zero-order valence-electron chi connectivity index (χ0n) is 29.0. The summed E-state index contributed by atoms with van der Waals surface area (Å²) < 4.78 is 20.1. The number of aromatic nitrogens is 2. The minimum atomic E-state index is -2.89. The van der Waals surface area contributed by atoms with E-state index in [1.165, 1.54) is 10.4 Å². The number of cyclic esters (lactones) is 1. The van der Waals surface area contributed by atoms with Gasteiger partial charge in [-0.05, 0) is 58.1 Å². The Kier molecular flexibility index (Phi) is 8.27. The van der Waals surface area contributed by atoms with Crippen LogP contribution in [0.4, 0.5) is 0 Å². The summed E-state index contributed by atoms with van der Waals surface area (Å²) in [5.74, 6) is -0.714. The van der Waals surface area contributed by atoms with Crippen LogP contribution in [0.3, 0.4) is 0 Å². The summed E-state index contributed by atoms with van der Waals surface area (Å²) in [5, 5.41) is 3.12. The molecule has 7 rings (SSSR count). The molecule has 4 heterocycles. The molecule has 9 nitrogen and oxygen atoms in total. The normalized spacial score (nSPS) is 16.7. The second kappa shape index (κ2) is 12.4. The number of nitrogens with two attached hydrogens (primary N) is 1. The third kappa shape index (κ3) is 5.00. The first kappa shape index (κ1) is 33.4. The van der Waals surface area contributed by atoms with Crippen molar-refractivity contribution in [3.8, 4) is 17.1 Å². The molecule has 50 heavy (non-hydrogen) atoms. The van der Waals surface area contributed by atoms with Crippen LogP contribution in [0.25, 0.3) is 22.3 Å². The minimum absolute atomic E-state index is 0.0831. The van der Waals surface area contributed by atoms with Gasteiger partial charge in [0.1, 0.15) is 12.4 Å². The summed E-state index contributed by atoms with van der Waals surface area (Å²) in [7, 11) is -2.89. The fourth-order valence-electron chi connectivity index (χ4n) is 7.83. The lowest BCUT2D eigenvalue weighted by molar-refractivity contribution is -0.188. The SMILES string of the molecule is CCc1c2c(nc3ccc(O[Si](c4ccccc4)(c4ccccc4)C(C)(C)C)cc13)-c1cc3c(c(=O)n1C2)COC(=O)[C@@]3(CC)OC(=O)CN. The lowest BCUT2D eigenvalue weighted by Crippen LogP contribution is -2.68. The van der Waals surface area contributed by atoms with E-state index in [4.69, 9.17) is 24.6 Å². The molecule has 10 heteroatoms. The van der Waals surface area contributed by atoms with Crippen LogP contribution >= 0.6 is 0 Å². The fraction of sp³-hybridized carbons (Fsp3) is 0.300. The molecule has 2 N–H and O–H groups in total. The number of nitrogens with zero attached hydrogens (tertiary/aromatic N) is 2. The van der Waals surface area contributed by atoms with Gasteiger partial charge in [-0.15, -0.1) is 0 Å². The molecule has 2 aliphatic heterocycles. The van der Waals surface area contributed by atoms with Gasteiger partial charge in [-0.25, -0.2) is 9.78 Å². The van der Waals surface area contributed by atoms with Crippen molar-refractivity contribution in [1.29, 1.82) is 0 Å². The highest BCUT2D eigenvalue weighted by Gasteiger charge is 2.53. The summed E-state index contributed by atoms with van der Waals surface area (Å²) in [4.78, 5) is 44.8. The molecule has 2 aliphatic rings. The van der Waals surface area contributed by atoms with Gasteiger partial charge in [0.05, 0.1) is 35.6 Å². The second-order valence-corrected chi connectivity index (χ2v) is 18.2. The molecule has 2 aromatic heterocycles. The van der Waals surface area contributed by atoms with Crippen LogP contribution in [-0.2, 0) is 44.2 Å². The first-order chi connectivity index (χ1) is 24.0. The molecule has 0 aliphatic carbocycles. The Morgan fingerprint density at radius 3 is 2.20 bits per heavy atom. The number of fused-ring (bicyclic) bond motifs is 5. The molecule has 0 spiro atoms. The highest BCUT2D eigenvalue weighted by molar-refractivity contribution is 7.00. The first-order valence-corrected chi connectivity index (χ1v) is 19.0. The van der Waals surface area contributed by atoms with Crippen LogP contribution in [0, 0.1) is 0 Å². The summed E-state index contributed by atoms with van der Waals surface area (Å²) in [6.07, 6.45) is 0.779. The van der Waals surface area contributed by atoms with E-state index in [0.29, 0.717) is 29.9 Å². The van der Waals surface area contributed by atoms with Crippen LogP contribution in [-0.4, -0.2) is 36.4 Å². The average molecular weight is 688 g/mol. The third-order valence-corrected chi connectivity index (χ3v) is 15.2. The Morgan fingerprint density at radius 2 is 1.62 bits per heavy atom. The molecule has 0 amide bonds. The minimum Gasteiger partial charge on any atom is -0.534 e. The van der Waals surface area contributed by atoms with Crippen LogP contribution in [0.5, 0.6) is 5.75 Å². The number of benzene rings is 3. The second-order valence-electron chi connectivity index (χ2n) is 14.0. The van der Waals surface area contributed by atoms with Crippen molar-refractivity contribution in [3.05, 3.63) is 118 Å². The largest absolute Gasteiger partial charge is 0.534 e. The van der Waals surface area contributed by atoms with Crippen molar-refractivity contribution in [1.82, 2.24) is 9.55 Å². The molecular formula is C40H41N3O6Si. The van der Waals surface area contributed by atoms with E-state index in [1.54, 1.807) is 17.6 Å². The quantitative estimate of drug-likeness (QED) is 0.174. The summed E-state index contributed by atoms with van der Waals surface area (Å²) >= 11 is 0. The maximum atomic E-state index is 14.1. The molecule has 3 aromatic carbocycles. The molecule has 0 bridgehead atoms. The van der Waals surface area contributed by atoms with Gasteiger partial charge >= 0.3 is 20.3 Å².